The van der Waals surface area contributed by atoms with Crippen molar-refractivity contribution in [3.8, 4) is 0 Å². The van der Waals surface area contributed by atoms with E-state index in [9.17, 15) is 9.90 Å². The van der Waals surface area contributed by atoms with Gasteiger partial charge in [-0.25, -0.2) is 0 Å². The number of carbonyl (C=O) groups excluding carboxylic acids is 1. The van der Waals surface area contributed by atoms with Crippen LogP contribution in [0.3, 0.4) is 0 Å². The minimum Gasteiger partial charge on any atom is -0.392 e. The Hall–Kier alpha value is -0.890. The lowest BCUT2D eigenvalue weighted by Gasteiger charge is -2.56. The first-order chi connectivity index (χ1) is 10.2. The number of carbonyl (C=O) groups is 1. The second-order valence-corrected chi connectivity index (χ2v) is 7.83. The Morgan fingerprint density at radius 1 is 1.09 bits per heavy atom. The number of allylic oxidation sites excluding steroid dienone is 3. The third kappa shape index (κ3) is 2.22. The molecule has 1 saturated carbocycles. The minimum atomic E-state index is -0.350. The summed E-state index contributed by atoms with van der Waals surface area (Å²) in [5.74, 6) is 0.363. The van der Waals surface area contributed by atoms with Gasteiger partial charge in [0.2, 0.25) is 0 Å². The highest BCUT2D eigenvalue weighted by Gasteiger charge is 2.56. The quantitative estimate of drug-likeness (QED) is 0.651. The lowest BCUT2D eigenvalue weighted by atomic mass is 9.48. The number of hydrogen-bond acceptors (Lipinski definition) is 2. The van der Waals surface area contributed by atoms with Gasteiger partial charge in [-0.05, 0) is 39.5 Å². The predicted molar refractivity (Wildman–Crippen MR) is 91.6 cm³/mol. The average molecular weight is 304 g/mol. The van der Waals surface area contributed by atoms with E-state index < -0.39 is 0 Å². The van der Waals surface area contributed by atoms with E-state index in [1.165, 1.54) is 11.1 Å². The van der Waals surface area contributed by atoms with E-state index in [1.54, 1.807) is 0 Å². The van der Waals surface area contributed by atoms with Gasteiger partial charge in [-0.2, -0.15) is 0 Å². The molecule has 0 bridgehead atoms. The monoisotopic (exact) mass is 304 g/mol. The van der Waals surface area contributed by atoms with Gasteiger partial charge in [0.1, 0.15) is 5.78 Å². The summed E-state index contributed by atoms with van der Waals surface area (Å²) in [5, 5.41) is 10.5. The van der Waals surface area contributed by atoms with Crippen molar-refractivity contribution in [2.75, 3.05) is 0 Å². The van der Waals surface area contributed by atoms with Gasteiger partial charge in [0.25, 0.3) is 0 Å². The third-order valence-electron chi connectivity index (χ3n) is 6.28. The van der Waals surface area contributed by atoms with Gasteiger partial charge in [-0.3, -0.25) is 4.79 Å². The van der Waals surface area contributed by atoms with Crippen molar-refractivity contribution in [3.05, 3.63) is 23.3 Å². The maximum Gasteiger partial charge on any atom is 0.142 e. The highest BCUT2D eigenvalue weighted by atomic mass is 16.3. The molecule has 2 unspecified atom stereocenters. The van der Waals surface area contributed by atoms with Crippen LogP contribution in [0.25, 0.3) is 0 Å². The molecule has 0 saturated heterocycles. The number of Topliss-reactive ketones (excluding diaryl/α,β-unsaturated/α-hetero) is 1. The fourth-order valence-corrected chi connectivity index (χ4v) is 4.94. The molecule has 0 aromatic rings. The van der Waals surface area contributed by atoms with Crippen molar-refractivity contribution in [1.29, 1.82) is 0 Å². The SMILES string of the molecule is CC.CC1(C)C(=O)CCC2(C)C1=CC[C@]1(C)C2=CCCC1O. The van der Waals surface area contributed by atoms with Crippen LogP contribution < -0.4 is 0 Å². The summed E-state index contributed by atoms with van der Waals surface area (Å²) in [6.45, 7) is 12.6. The standard InChI is InChI=1S/C18H26O2.C2H6/c1-16(2)12-8-10-18(4)13(6-5-7-15(18)20)17(12,3)11-9-14(16)19;1-2/h6,8,15,20H,5,7,9-11H2,1-4H3;1-2H3/t15?,17?,18-;/m1./s1. The van der Waals surface area contributed by atoms with Gasteiger partial charge >= 0.3 is 0 Å². The van der Waals surface area contributed by atoms with Crippen molar-refractivity contribution >= 4 is 5.78 Å². The van der Waals surface area contributed by atoms with Crippen molar-refractivity contribution in [2.45, 2.75) is 79.8 Å². The summed E-state index contributed by atoms with van der Waals surface area (Å²) in [6.07, 6.45) is 8.61. The summed E-state index contributed by atoms with van der Waals surface area (Å²) in [7, 11) is 0. The predicted octanol–water partition coefficient (Wildman–Crippen LogP) is 4.83. The molecule has 0 spiro atoms. The molecule has 1 fully saturated rings. The summed E-state index contributed by atoms with van der Waals surface area (Å²) in [6, 6.07) is 0. The Morgan fingerprint density at radius 3 is 2.36 bits per heavy atom. The van der Waals surface area contributed by atoms with Crippen LogP contribution in [0.4, 0.5) is 0 Å². The number of rotatable bonds is 0. The van der Waals surface area contributed by atoms with Crippen molar-refractivity contribution in [2.24, 2.45) is 16.2 Å². The maximum absolute atomic E-state index is 12.3. The van der Waals surface area contributed by atoms with Crippen LogP contribution in [0, 0.1) is 16.2 Å². The molecule has 0 aliphatic heterocycles. The van der Waals surface area contributed by atoms with Crippen LogP contribution in [0.5, 0.6) is 0 Å². The van der Waals surface area contributed by atoms with Crippen molar-refractivity contribution < 1.29 is 9.90 Å². The van der Waals surface area contributed by atoms with Crippen LogP contribution in [-0.2, 0) is 4.79 Å². The third-order valence-corrected chi connectivity index (χ3v) is 6.28. The number of fused-ring (bicyclic) bond motifs is 3. The van der Waals surface area contributed by atoms with E-state index >= 15 is 0 Å². The van der Waals surface area contributed by atoms with E-state index in [0.717, 1.165) is 25.7 Å². The first-order valence-corrected chi connectivity index (χ1v) is 8.86. The van der Waals surface area contributed by atoms with Crippen LogP contribution in [0.1, 0.15) is 73.6 Å². The fraction of sp³-hybridized carbons (Fsp3) is 0.750. The van der Waals surface area contributed by atoms with E-state index in [0.29, 0.717) is 12.2 Å². The maximum atomic E-state index is 12.3. The van der Waals surface area contributed by atoms with Crippen LogP contribution >= 0.6 is 0 Å². The normalized spacial score (nSPS) is 39.6. The molecule has 0 heterocycles. The molecule has 1 N–H and O–H groups in total. The molecule has 22 heavy (non-hydrogen) atoms. The zero-order chi connectivity index (χ0) is 16.8. The number of aliphatic hydroxyl groups excluding tert-OH is 1. The van der Waals surface area contributed by atoms with Crippen molar-refractivity contribution in [1.82, 2.24) is 0 Å². The Morgan fingerprint density at radius 2 is 1.73 bits per heavy atom. The van der Waals surface area contributed by atoms with Gasteiger partial charge in [-0.1, -0.05) is 51.0 Å². The molecule has 2 nitrogen and oxygen atoms in total. The molecule has 0 amide bonds. The van der Waals surface area contributed by atoms with Crippen molar-refractivity contribution in [3.63, 3.8) is 0 Å². The molecule has 124 valence electrons. The smallest absolute Gasteiger partial charge is 0.142 e. The molecule has 3 atom stereocenters. The molecule has 3 aliphatic carbocycles. The molecule has 3 rings (SSSR count). The Bertz CT molecular complexity index is 526. The number of aliphatic hydroxyl groups is 1. The molecular formula is C20H32O2. The fourth-order valence-electron chi connectivity index (χ4n) is 4.94. The van der Waals surface area contributed by atoms with Gasteiger partial charge in [-0.15, -0.1) is 0 Å². The Kier molecular flexibility index (Phi) is 4.47. The topological polar surface area (TPSA) is 37.3 Å². The van der Waals surface area contributed by atoms with E-state index in [1.807, 2.05) is 13.8 Å². The first kappa shape index (κ1) is 17.5. The number of hydrogen-bond donors (Lipinski definition) is 1. The van der Waals surface area contributed by atoms with Crippen LogP contribution in [-0.4, -0.2) is 17.0 Å². The molecule has 3 aliphatic rings. The summed E-state index contributed by atoms with van der Waals surface area (Å²) < 4.78 is 0. The zero-order valence-corrected chi connectivity index (χ0v) is 15.1. The summed E-state index contributed by atoms with van der Waals surface area (Å²) in [5.41, 5.74) is 2.16. The summed E-state index contributed by atoms with van der Waals surface area (Å²) in [4.78, 5) is 12.3. The zero-order valence-electron chi connectivity index (χ0n) is 15.1. The van der Waals surface area contributed by atoms with Gasteiger partial charge in [0.15, 0.2) is 0 Å². The number of ketones is 1. The lowest BCUT2D eigenvalue weighted by Crippen LogP contribution is -2.51. The molecular weight excluding hydrogens is 272 g/mol. The highest BCUT2D eigenvalue weighted by molar-refractivity contribution is 5.89. The van der Waals surface area contributed by atoms with Crippen LogP contribution in [0.15, 0.2) is 23.3 Å². The van der Waals surface area contributed by atoms with E-state index in [-0.39, 0.29) is 22.3 Å². The lowest BCUT2D eigenvalue weighted by molar-refractivity contribution is -0.128. The minimum absolute atomic E-state index is 0.0359. The second-order valence-electron chi connectivity index (χ2n) is 7.83. The van der Waals surface area contributed by atoms with E-state index in [2.05, 4.69) is 39.8 Å². The first-order valence-electron chi connectivity index (χ1n) is 8.86. The molecule has 0 aromatic heterocycles. The summed E-state index contributed by atoms with van der Waals surface area (Å²) >= 11 is 0. The highest BCUT2D eigenvalue weighted by Crippen LogP contribution is 2.62. The average Bonchev–Trinajstić information content (AvgIpc) is 2.48. The molecule has 0 radical (unpaired) electrons. The molecule has 2 heteroatoms. The van der Waals surface area contributed by atoms with Gasteiger partial charge in [0, 0.05) is 22.7 Å². The largest absolute Gasteiger partial charge is 0.392 e. The Labute approximate surface area is 135 Å². The molecule has 0 aromatic carbocycles. The van der Waals surface area contributed by atoms with E-state index in [4.69, 9.17) is 0 Å². The van der Waals surface area contributed by atoms with Crippen LogP contribution in [0.2, 0.25) is 0 Å². The Balaban J connectivity index is 0.000000847. The van der Waals surface area contributed by atoms with Gasteiger partial charge in [0.05, 0.1) is 6.10 Å². The second kappa shape index (κ2) is 5.63. The van der Waals surface area contributed by atoms with Gasteiger partial charge < -0.3 is 5.11 Å².